The quantitative estimate of drug-likeness (QED) is 0.749. The summed E-state index contributed by atoms with van der Waals surface area (Å²) in [5.41, 5.74) is 1.13. The van der Waals surface area contributed by atoms with E-state index in [0.29, 0.717) is 19.6 Å². The lowest BCUT2D eigenvalue weighted by molar-refractivity contribution is -0.166. The molecule has 17 heavy (non-hydrogen) atoms. The van der Waals surface area contributed by atoms with Gasteiger partial charge in [-0.15, -0.1) is 0 Å². The first-order chi connectivity index (χ1) is 8.24. The van der Waals surface area contributed by atoms with Crippen LogP contribution in [0.4, 0.5) is 0 Å². The summed E-state index contributed by atoms with van der Waals surface area (Å²) < 4.78 is 15.9. The molecule has 0 spiro atoms. The van der Waals surface area contributed by atoms with Crippen LogP contribution >= 0.6 is 0 Å². The van der Waals surface area contributed by atoms with Crippen LogP contribution in [0.15, 0.2) is 30.3 Å². The SMILES string of the molecule is CC(=O)O[C@H]1C[C@H](OCc2ccccc2)CO1. The lowest BCUT2D eigenvalue weighted by atomic mass is 10.2. The fourth-order valence-electron chi connectivity index (χ4n) is 1.74. The van der Waals surface area contributed by atoms with Crippen LogP contribution in [-0.4, -0.2) is 25.0 Å². The fraction of sp³-hybridized carbons (Fsp3) is 0.462. The molecule has 4 nitrogen and oxygen atoms in total. The smallest absolute Gasteiger partial charge is 0.304 e. The van der Waals surface area contributed by atoms with Gasteiger partial charge in [0, 0.05) is 13.3 Å². The highest BCUT2D eigenvalue weighted by Gasteiger charge is 2.28. The Bertz CT molecular complexity index is 363. The minimum atomic E-state index is -0.451. The molecule has 1 aromatic rings. The molecule has 0 radical (unpaired) electrons. The van der Waals surface area contributed by atoms with Crippen molar-refractivity contribution in [3.8, 4) is 0 Å². The zero-order chi connectivity index (χ0) is 12.1. The summed E-state index contributed by atoms with van der Waals surface area (Å²) in [6, 6.07) is 9.95. The molecule has 4 heteroatoms. The maximum absolute atomic E-state index is 10.7. The number of hydrogen-bond acceptors (Lipinski definition) is 4. The molecule has 92 valence electrons. The van der Waals surface area contributed by atoms with Crippen LogP contribution in [0.5, 0.6) is 0 Å². The highest BCUT2D eigenvalue weighted by Crippen LogP contribution is 2.18. The lowest BCUT2D eigenvalue weighted by Crippen LogP contribution is -2.16. The van der Waals surface area contributed by atoms with E-state index < -0.39 is 6.29 Å². The second-order valence-corrected chi connectivity index (χ2v) is 4.03. The second kappa shape index (κ2) is 5.80. The summed E-state index contributed by atoms with van der Waals surface area (Å²) >= 11 is 0. The van der Waals surface area contributed by atoms with E-state index in [0.717, 1.165) is 5.56 Å². The molecule has 0 bridgehead atoms. The molecule has 1 fully saturated rings. The number of carbonyl (C=O) groups excluding carboxylic acids is 1. The van der Waals surface area contributed by atoms with Crippen LogP contribution in [0.1, 0.15) is 18.9 Å². The summed E-state index contributed by atoms with van der Waals surface area (Å²) in [5.74, 6) is -0.321. The molecular weight excluding hydrogens is 220 g/mol. The molecule has 1 aliphatic rings. The maximum atomic E-state index is 10.7. The van der Waals surface area contributed by atoms with Gasteiger partial charge in [-0.05, 0) is 5.56 Å². The zero-order valence-electron chi connectivity index (χ0n) is 9.80. The van der Waals surface area contributed by atoms with Gasteiger partial charge in [-0.2, -0.15) is 0 Å². The highest BCUT2D eigenvalue weighted by atomic mass is 16.7. The van der Waals surface area contributed by atoms with E-state index in [9.17, 15) is 4.79 Å². The Kier molecular flexibility index (Phi) is 4.12. The molecule has 1 aromatic carbocycles. The van der Waals surface area contributed by atoms with Gasteiger partial charge in [-0.25, -0.2) is 0 Å². The summed E-state index contributed by atoms with van der Waals surface area (Å²) in [7, 11) is 0. The Hall–Kier alpha value is -1.39. The van der Waals surface area contributed by atoms with Gasteiger partial charge in [0.1, 0.15) is 0 Å². The van der Waals surface area contributed by atoms with Gasteiger partial charge in [0.2, 0.25) is 6.29 Å². The summed E-state index contributed by atoms with van der Waals surface area (Å²) in [6.45, 7) is 2.41. The van der Waals surface area contributed by atoms with Gasteiger partial charge in [-0.1, -0.05) is 30.3 Å². The third-order valence-corrected chi connectivity index (χ3v) is 2.55. The van der Waals surface area contributed by atoms with Gasteiger partial charge < -0.3 is 14.2 Å². The number of esters is 1. The maximum Gasteiger partial charge on any atom is 0.304 e. The monoisotopic (exact) mass is 236 g/mol. The van der Waals surface area contributed by atoms with Gasteiger partial charge >= 0.3 is 5.97 Å². The number of hydrogen-bond donors (Lipinski definition) is 0. The van der Waals surface area contributed by atoms with Crippen molar-refractivity contribution < 1.29 is 19.0 Å². The first kappa shape index (κ1) is 12.1. The Morgan fingerprint density at radius 1 is 1.41 bits per heavy atom. The zero-order valence-corrected chi connectivity index (χ0v) is 9.80. The first-order valence-electron chi connectivity index (χ1n) is 5.68. The fourth-order valence-corrected chi connectivity index (χ4v) is 1.74. The molecule has 2 atom stereocenters. The van der Waals surface area contributed by atoms with Crippen molar-refractivity contribution in [3.05, 3.63) is 35.9 Å². The minimum Gasteiger partial charge on any atom is -0.436 e. The average Bonchev–Trinajstić information content (AvgIpc) is 2.75. The van der Waals surface area contributed by atoms with E-state index in [1.165, 1.54) is 6.92 Å². The Labute approximate surface area is 100 Å². The molecule has 0 saturated carbocycles. The predicted molar refractivity (Wildman–Crippen MR) is 61.1 cm³/mol. The van der Waals surface area contributed by atoms with E-state index in [1.807, 2.05) is 30.3 Å². The van der Waals surface area contributed by atoms with E-state index in [1.54, 1.807) is 0 Å². The predicted octanol–water partition coefficient (Wildman–Crippen LogP) is 1.88. The van der Waals surface area contributed by atoms with Crippen molar-refractivity contribution in [3.63, 3.8) is 0 Å². The van der Waals surface area contributed by atoms with E-state index in [-0.39, 0.29) is 12.1 Å². The highest BCUT2D eigenvalue weighted by molar-refractivity contribution is 5.66. The second-order valence-electron chi connectivity index (χ2n) is 4.03. The van der Waals surface area contributed by atoms with Crippen molar-refractivity contribution >= 4 is 5.97 Å². The molecule has 0 aliphatic carbocycles. The topological polar surface area (TPSA) is 44.8 Å². The molecule has 0 N–H and O–H groups in total. The third-order valence-electron chi connectivity index (χ3n) is 2.55. The summed E-state index contributed by atoms with van der Waals surface area (Å²) in [6.07, 6.45) is 0.153. The Balaban J connectivity index is 1.73. The first-order valence-corrected chi connectivity index (χ1v) is 5.68. The molecule has 2 rings (SSSR count). The van der Waals surface area contributed by atoms with E-state index in [2.05, 4.69) is 0 Å². The van der Waals surface area contributed by atoms with Gasteiger partial charge in [-0.3, -0.25) is 4.79 Å². The van der Waals surface area contributed by atoms with Gasteiger partial charge in [0.25, 0.3) is 0 Å². The van der Waals surface area contributed by atoms with Crippen molar-refractivity contribution in [2.75, 3.05) is 6.61 Å². The summed E-state index contributed by atoms with van der Waals surface area (Å²) in [5, 5.41) is 0. The standard InChI is InChI=1S/C13H16O4/c1-10(14)17-13-7-12(9-16-13)15-8-11-5-3-2-4-6-11/h2-6,12-13H,7-9H2,1H3/t12-,13-/m0/s1. The Morgan fingerprint density at radius 3 is 2.88 bits per heavy atom. The number of carbonyl (C=O) groups is 1. The van der Waals surface area contributed by atoms with Crippen molar-refractivity contribution in [2.45, 2.75) is 32.3 Å². The van der Waals surface area contributed by atoms with Crippen molar-refractivity contribution in [1.82, 2.24) is 0 Å². The molecule has 0 amide bonds. The van der Waals surface area contributed by atoms with Gasteiger partial charge in [0.15, 0.2) is 0 Å². The van der Waals surface area contributed by atoms with Crippen LogP contribution < -0.4 is 0 Å². The average molecular weight is 236 g/mol. The Morgan fingerprint density at radius 2 is 2.18 bits per heavy atom. The van der Waals surface area contributed by atoms with Crippen molar-refractivity contribution in [1.29, 1.82) is 0 Å². The summed E-state index contributed by atoms with van der Waals surface area (Å²) in [4.78, 5) is 10.7. The molecule has 0 aromatic heterocycles. The largest absolute Gasteiger partial charge is 0.436 e. The van der Waals surface area contributed by atoms with Crippen LogP contribution in [0, 0.1) is 0 Å². The van der Waals surface area contributed by atoms with E-state index >= 15 is 0 Å². The molecule has 1 heterocycles. The number of benzene rings is 1. The molecule has 1 aliphatic heterocycles. The van der Waals surface area contributed by atoms with E-state index in [4.69, 9.17) is 14.2 Å². The molecule has 0 unspecified atom stereocenters. The normalized spacial score (nSPS) is 23.6. The van der Waals surface area contributed by atoms with Crippen LogP contribution in [0.3, 0.4) is 0 Å². The third kappa shape index (κ3) is 3.84. The minimum absolute atomic E-state index is 0.000411. The number of ether oxygens (including phenoxy) is 3. The van der Waals surface area contributed by atoms with Gasteiger partial charge in [0.05, 0.1) is 19.3 Å². The van der Waals surface area contributed by atoms with Crippen molar-refractivity contribution in [2.24, 2.45) is 0 Å². The number of rotatable bonds is 4. The lowest BCUT2D eigenvalue weighted by Gasteiger charge is -2.10. The molecular formula is C13H16O4. The molecule has 1 saturated heterocycles. The van der Waals surface area contributed by atoms with Crippen LogP contribution in [0.2, 0.25) is 0 Å². The van der Waals surface area contributed by atoms with Crippen LogP contribution in [0.25, 0.3) is 0 Å². The van der Waals surface area contributed by atoms with Crippen LogP contribution in [-0.2, 0) is 25.6 Å².